The van der Waals surface area contributed by atoms with Crippen LogP contribution in [0.1, 0.15) is 6.92 Å². The highest BCUT2D eigenvalue weighted by Crippen LogP contribution is 2.32. The number of carbonyl (C=O) groups is 1. The molecule has 0 aliphatic carbocycles. The lowest BCUT2D eigenvalue weighted by Gasteiger charge is -2.13. The van der Waals surface area contributed by atoms with Gasteiger partial charge >= 0.3 is 0 Å². The SMILES string of the molecule is COc1ccc(NC(=O)[C@@H](C)Sc2nnc(SC)s2)cc1OC. The summed E-state index contributed by atoms with van der Waals surface area (Å²) >= 11 is 4.41. The number of methoxy groups -OCH3 is 2. The fraction of sp³-hybridized carbons (Fsp3) is 0.357. The molecular formula is C14H17N3O3S3. The van der Waals surface area contributed by atoms with Crippen LogP contribution in [0.4, 0.5) is 5.69 Å². The van der Waals surface area contributed by atoms with Gasteiger partial charge in [0, 0.05) is 11.8 Å². The number of benzene rings is 1. The molecule has 1 aromatic heterocycles. The van der Waals surface area contributed by atoms with Crippen molar-refractivity contribution < 1.29 is 14.3 Å². The van der Waals surface area contributed by atoms with E-state index in [1.807, 2.05) is 13.2 Å². The third-order valence-electron chi connectivity index (χ3n) is 2.86. The van der Waals surface area contributed by atoms with Crippen molar-refractivity contribution in [1.29, 1.82) is 0 Å². The Morgan fingerprint density at radius 2 is 1.91 bits per heavy atom. The van der Waals surface area contributed by atoms with Crippen LogP contribution in [0.15, 0.2) is 26.9 Å². The number of amides is 1. The average molecular weight is 372 g/mol. The number of nitrogens with zero attached hydrogens (tertiary/aromatic N) is 2. The van der Waals surface area contributed by atoms with Gasteiger partial charge in [-0.05, 0) is 25.3 Å². The van der Waals surface area contributed by atoms with Gasteiger partial charge in [0.2, 0.25) is 5.91 Å². The molecule has 1 aromatic carbocycles. The number of nitrogens with one attached hydrogen (secondary N) is 1. The first-order chi connectivity index (χ1) is 11.1. The highest BCUT2D eigenvalue weighted by molar-refractivity contribution is 8.03. The molecule has 1 atom stereocenters. The molecule has 0 aliphatic rings. The van der Waals surface area contributed by atoms with Crippen molar-refractivity contribution in [2.24, 2.45) is 0 Å². The molecule has 2 rings (SSSR count). The zero-order chi connectivity index (χ0) is 16.8. The van der Waals surface area contributed by atoms with Crippen LogP contribution in [-0.4, -0.2) is 41.8 Å². The van der Waals surface area contributed by atoms with Gasteiger partial charge in [-0.3, -0.25) is 4.79 Å². The second kappa shape index (κ2) is 8.42. The summed E-state index contributed by atoms with van der Waals surface area (Å²) in [6.07, 6.45) is 1.95. The fourth-order valence-corrected chi connectivity index (χ4v) is 4.27. The molecule has 1 N–H and O–H groups in total. The number of thioether (sulfide) groups is 2. The zero-order valence-electron chi connectivity index (χ0n) is 13.2. The molecule has 2 aromatic rings. The predicted molar refractivity (Wildman–Crippen MR) is 95.2 cm³/mol. The highest BCUT2D eigenvalue weighted by atomic mass is 32.2. The normalized spacial score (nSPS) is 11.8. The molecule has 124 valence electrons. The standard InChI is InChI=1S/C14H17N3O3S3/c1-8(22-14-17-16-13(21-4)23-14)12(18)15-9-5-6-10(19-2)11(7-9)20-3/h5-8H,1-4H3,(H,15,18)/t8-/m1/s1. The third-order valence-corrected chi connectivity index (χ3v) is 5.94. The average Bonchev–Trinajstić information content (AvgIpc) is 3.02. The summed E-state index contributed by atoms with van der Waals surface area (Å²) in [5.41, 5.74) is 0.655. The Labute approximate surface area is 147 Å². The summed E-state index contributed by atoms with van der Waals surface area (Å²) in [4.78, 5) is 12.3. The number of hydrogen-bond acceptors (Lipinski definition) is 8. The van der Waals surface area contributed by atoms with E-state index < -0.39 is 0 Å². The van der Waals surface area contributed by atoms with Crippen molar-refractivity contribution >= 4 is 46.5 Å². The molecule has 0 saturated carbocycles. The first-order valence-electron chi connectivity index (χ1n) is 6.64. The molecule has 23 heavy (non-hydrogen) atoms. The van der Waals surface area contributed by atoms with E-state index in [1.165, 1.54) is 23.1 Å². The van der Waals surface area contributed by atoms with E-state index in [0.29, 0.717) is 17.2 Å². The molecule has 0 bridgehead atoms. The van der Waals surface area contributed by atoms with Crippen molar-refractivity contribution in [2.45, 2.75) is 20.9 Å². The second-order valence-electron chi connectivity index (χ2n) is 4.36. The van der Waals surface area contributed by atoms with E-state index in [4.69, 9.17) is 9.47 Å². The van der Waals surface area contributed by atoms with Gasteiger partial charge in [0.1, 0.15) is 0 Å². The molecule has 0 radical (unpaired) electrons. The van der Waals surface area contributed by atoms with Gasteiger partial charge in [-0.2, -0.15) is 0 Å². The Morgan fingerprint density at radius 1 is 1.22 bits per heavy atom. The minimum absolute atomic E-state index is 0.108. The van der Waals surface area contributed by atoms with Gasteiger partial charge in [0.25, 0.3) is 0 Å². The molecule has 6 nitrogen and oxygen atoms in total. The molecule has 9 heteroatoms. The maximum atomic E-state index is 12.3. The van der Waals surface area contributed by atoms with E-state index >= 15 is 0 Å². The van der Waals surface area contributed by atoms with E-state index in [0.717, 1.165) is 8.68 Å². The van der Waals surface area contributed by atoms with Gasteiger partial charge < -0.3 is 14.8 Å². The van der Waals surface area contributed by atoms with Crippen LogP contribution in [0.5, 0.6) is 11.5 Å². The number of carbonyl (C=O) groups excluding carboxylic acids is 1. The second-order valence-corrected chi connectivity index (χ2v) is 7.98. The highest BCUT2D eigenvalue weighted by Gasteiger charge is 2.18. The van der Waals surface area contributed by atoms with Crippen LogP contribution < -0.4 is 14.8 Å². The number of hydrogen-bond donors (Lipinski definition) is 1. The van der Waals surface area contributed by atoms with Crippen molar-refractivity contribution in [3.63, 3.8) is 0 Å². The molecule has 1 heterocycles. The van der Waals surface area contributed by atoms with Gasteiger partial charge in [-0.25, -0.2) is 0 Å². The van der Waals surface area contributed by atoms with Crippen LogP contribution in [0.3, 0.4) is 0 Å². The Morgan fingerprint density at radius 3 is 2.52 bits per heavy atom. The van der Waals surface area contributed by atoms with E-state index in [9.17, 15) is 4.79 Å². The first kappa shape index (κ1) is 17.9. The summed E-state index contributed by atoms with van der Waals surface area (Å²) in [5.74, 6) is 1.08. The lowest BCUT2D eigenvalue weighted by Crippen LogP contribution is -2.22. The van der Waals surface area contributed by atoms with Crippen LogP contribution in [0, 0.1) is 0 Å². The van der Waals surface area contributed by atoms with Crippen LogP contribution in [0.2, 0.25) is 0 Å². The fourth-order valence-electron chi connectivity index (χ4n) is 1.69. The van der Waals surface area contributed by atoms with Gasteiger partial charge in [-0.1, -0.05) is 34.9 Å². The zero-order valence-corrected chi connectivity index (χ0v) is 15.6. The molecule has 0 unspecified atom stereocenters. The summed E-state index contributed by atoms with van der Waals surface area (Å²) in [7, 11) is 3.13. The number of rotatable bonds is 7. The third kappa shape index (κ3) is 4.76. The Balaban J connectivity index is 2.00. The van der Waals surface area contributed by atoms with Crippen molar-refractivity contribution in [2.75, 3.05) is 25.8 Å². The molecule has 0 fully saturated rings. The van der Waals surface area contributed by atoms with Crippen molar-refractivity contribution in [3.8, 4) is 11.5 Å². The largest absolute Gasteiger partial charge is 0.493 e. The molecule has 0 spiro atoms. The smallest absolute Gasteiger partial charge is 0.237 e. The van der Waals surface area contributed by atoms with Gasteiger partial charge in [-0.15, -0.1) is 10.2 Å². The summed E-state index contributed by atoms with van der Waals surface area (Å²) < 4.78 is 12.1. The van der Waals surface area contributed by atoms with Gasteiger partial charge in [0.15, 0.2) is 20.2 Å². The summed E-state index contributed by atoms with van der Waals surface area (Å²) in [6, 6.07) is 5.25. The quantitative estimate of drug-likeness (QED) is 0.748. The number of anilines is 1. The topological polar surface area (TPSA) is 73.3 Å². The molecule has 0 aliphatic heterocycles. The Bertz CT molecular complexity index is 678. The minimum Gasteiger partial charge on any atom is -0.493 e. The van der Waals surface area contributed by atoms with E-state index in [-0.39, 0.29) is 11.2 Å². The van der Waals surface area contributed by atoms with Crippen molar-refractivity contribution in [1.82, 2.24) is 10.2 Å². The molecule has 1 amide bonds. The monoisotopic (exact) mass is 371 g/mol. The van der Waals surface area contributed by atoms with Crippen LogP contribution >= 0.6 is 34.9 Å². The summed E-state index contributed by atoms with van der Waals surface area (Å²) in [6.45, 7) is 1.83. The minimum atomic E-state index is -0.286. The van der Waals surface area contributed by atoms with Crippen LogP contribution in [-0.2, 0) is 4.79 Å². The van der Waals surface area contributed by atoms with Gasteiger partial charge in [0.05, 0.1) is 19.5 Å². The Hall–Kier alpha value is -1.45. The lowest BCUT2D eigenvalue weighted by atomic mass is 10.2. The first-order valence-corrected chi connectivity index (χ1v) is 9.56. The van der Waals surface area contributed by atoms with Crippen molar-refractivity contribution in [3.05, 3.63) is 18.2 Å². The lowest BCUT2D eigenvalue weighted by molar-refractivity contribution is -0.115. The molecular weight excluding hydrogens is 354 g/mol. The maximum Gasteiger partial charge on any atom is 0.237 e. The van der Waals surface area contributed by atoms with E-state index in [2.05, 4.69) is 15.5 Å². The number of aromatic nitrogens is 2. The number of ether oxygens (including phenoxy) is 2. The molecule has 0 saturated heterocycles. The van der Waals surface area contributed by atoms with Crippen LogP contribution in [0.25, 0.3) is 0 Å². The maximum absolute atomic E-state index is 12.3. The Kier molecular flexibility index (Phi) is 6.55. The van der Waals surface area contributed by atoms with E-state index in [1.54, 1.807) is 44.2 Å². The summed E-state index contributed by atoms with van der Waals surface area (Å²) in [5, 5.41) is 10.7. The predicted octanol–water partition coefficient (Wildman–Crippen LogP) is 3.40.